The lowest BCUT2D eigenvalue weighted by atomic mass is 10.2. The summed E-state index contributed by atoms with van der Waals surface area (Å²) in [5.74, 6) is -5.25. The van der Waals surface area contributed by atoms with Gasteiger partial charge < -0.3 is 29.9 Å². The zero-order chi connectivity index (χ0) is 19.7. The number of aliphatic hydroxyl groups excluding tert-OH is 1. The van der Waals surface area contributed by atoms with Crippen molar-refractivity contribution >= 4 is 25.4 Å². The highest BCUT2D eigenvalue weighted by atomic mass is 31.2. The molecule has 0 heterocycles. The molecule has 0 saturated heterocycles. The number of carbonyl (C=O) groups is 3. The monoisotopic (exact) mass is 389 g/mol. The van der Waals surface area contributed by atoms with E-state index in [4.69, 9.17) is 9.84 Å². The van der Waals surface area contributed by atoms with Crippen molar-refractivity contribution in [2.24, 2.45) is 0 Å². The van der Waals surface area contributed by atoms with E-state index < -0.39 is 49.9 Å². The number of nitrogens with one attached hydrogen (secondary N) is 1. The van der Waals surface area contributed by atoms with Crippen molar-refractivity contribution in [3.8, 4) is 0 Å². The molecule has 1 rings (SSSR count). The van der Waals surface area contributed by atoms with Gasteiger partial charge in [-0.1, -0.05) is 30.3 Å². The topological polar surface area (TPSA) is 159 Å². The number of carbonyl (C=O) groups excluding carboxylic acids is 2. The highest BCUT2D eigenvalue weighted by molar-refractivity contribution is 7.59. The van der Waals surface area contributed by atoms with Gasteiger partial charge in [-0.3, -0.25) is 4.57 Å². The van der Waals surface area contributed by atoms with Gasteiger partial charge in [0.25, 0.3) is 0 Å². The molecule has 0 saturated carbocycles. The predicted octanol–water partition coefficient (Wildman–Crippen LogP) is 0.518. The predicted molar refractivity (Wildman–Crippen MR) is 88.5 cm³/mol. The summed E-state index contributed by atoms with van der Waals surface area (Å²) < 4.78 is 21.2. The second-order valence-corrected chi connectivity index (χ2v) is 7.71. The summed E-state index contributed by atoms with van der Waals surface area (Å²) >= 11 is 0. The number of hydrogen-bond donors (Lipinski definition) is 4. The molecule has 10 nitrogen and oxygen atoms in total. The third kappa shape index (κ3) is 6.83. The molecule has 0 fully saturated rings. The minimum absolute atomic E-state index is 0.0587. The van der Waals surface area contributed by atoms with Crippen LogP contribution in [0.1, 0.15) is 12.0 Å². The Morgan fingerprint density at radius 2 is 1.85 bits per heavy atom. The van der Waals surface area contributed by atoms with Crippen LogP contribution < -0.4 is 5.32 Å². The van der Waals surface area contributed by atoms with Gasteiger partial charge in [-0.2, -0.15) is 0 Å². The molecular formula is C15H20NO9P. The van der Waals surface area contributed by atoms with Crippen LogP contribution in [0.3, 0.4) is 0 Å². The van der Waals surface area contributed by atoms with Crippen molar-refractivity contribution in [2.45, 2.75) is 24.9 Å². The molecule has 3 atom stereocenters. The molecule has 1 amide bonds. The molecule has 0 aliphatic rings. The number of aliphatic carboxylic acids is 1. The first-order valence-electron chi connectivity index (χ1n) is 7.44. The van der Waals surface area contributed by atoms with Crippen molar-refractivity contribution < 1.29 is 43.5 Å². The standard InChI is InChI=1S/C15H20NO9P/c1-24-13(19)11(7-8-26(22,23)14(20)12(17)18)16-15(21)25-9-10-5-3-2-4-6-10/h2-6,11,14,20H,7-9H2,1H3,(H,16,21)(H,17,18)(H,22,23)/t11-,14?/m0/s1. The smallest absolute Gasteiger partial charge is 0.408 e. The van der Waals surface area contributed by atoms with E-state index >= 15 is 0 Å². The molecule has 144 valence electrons. The fourth-order valence-corrected chi connectivity index (χ4v) is 3.13. The third-order valence-corrected chi connectivity index (χ3v) is 5.22. The summed E-state index contributed by atoms with van der Waals surface area (Å²) in [6.07, 6.45) is -2.11. The van der Waals surface area contributed by atoms with Gasteiger partial charge in [0, 0.05) is 6.16 Å². The number of rotatable bonds is 9. The number of ether oxygens (including phenoxy) is 2. The molecule has 0 aliphatic carbocycles. The van der Waals surface area contributed by atoms with Crippen LogP contribution in [0, 0.1) is 0 Å². The summed E-state index contributed by atoms with van der Waals surface area (Å²) in [7, 11) is -3.44. The Morgan fingerprint density at radius 3 is 2.38 bits per heavy atom. The first kappa shape index (κ1) is 21.6. The number of hydrogen-bond acceptors (Lipinski definition) is 7. The van der Waals surface area contributed by atoms with Crippen molar-refractivity contribution in [1.82, 2.24) is 5.32 Å². The molecule has 0 bridgehead atoms. The molecule has 11 heteroatoms. The number of methoxy groups -OCH3 is 1. The third-order valence-electron chi connectivity index (χ3n) is 3.33. The number of carboxylic acid groups (broad SMARTS) is 1. The van der Waals surface area contributed by atoms with E-state index in [1.807, 2.05) is 0 Å². The Kier molecular flexibility index (Phi) is 8.24. The van der Waals surface area contributed by atoms with Gasteiger partial charge in [0.1, 0.15) is 12.6 Å². The summed E-state index contributed by atoms with van der Waals surface area (Å²) in [5.41, 5.74) is 0.710. The van der Waals surface area contributed by atoms with Crippen LogP contribution >= 0.6 is 7.37 Å². The van der Waals surface area contributed by atoms with Crippen LogP contribution in [-0.4, -0.2) is 58.3 Å². The van der Waals surface area contributed by atoms with Crippen LogP contribution in [0.2, 0.25) is 0 Å². The Balaban J connectivity index is 2.63. The first-order chi connectivity index (χ1) is 12.2. The Bertz CT molecular complexity index is 679. The summed E-state index contributed by atoms with van der Waals surface area (Å²) in [6, 6.07) is 7.39. The van der Waals surface area contributed by atoms with Gasteiger partial charge in [-0.05, 0) is 12.0 Å². The average molecular weight is 389 g/mol. The van der Waals surface area contributed by atoms with E-state index in [0.717, 1.165) is 7.11 Å². The molecule has 0 spiro atoms. The van der Waals surface area contributed by atoms with Crippen molar-refractivity contribution in [2.75, 3.05) is 13.3 Å². The Morgan fingerprint density at radius 1 is 1.23 bits per heavy atom. The molecule has 4 N–H and O–H groups in total. The van der Waals surface area contributed by atoms with E-state index in [-0.39, 0.29) is 6.61 Å². The SMILES string of the molecule is COC(=O)[C@H](CCP(=O)(O)C(O)C(=O)O)NC(=O)OCc1ccccc1. The maximum absolute atomic E-state index is 11.8. The molecule has 2 unspecified atom stereocenters. The lowest BCUT2D eigenvalue weighted by Gasteiger charge is -2.19. The van der Waals surface area contributed by atoms with Crippen LogP contribution in [0.5, 0.6) is 0 Å². The van der Waals surface area contributed by atoms with Crippen LogP contribution in [0.15, 0.2) is 30.3 Å². The molecular weight excluding hydrogens is 369 g/mol. The van der Waals surface area contributed by atoms with E-state index in [2.05, 4.69) is 10.1 Å². The fraction of sp³-hybridized carbons (Fsp3) is 0.400. The molecule has 0 radical (unpaired) electrons. The number of amides is 1. The Labute approximate surface area is 149 Å². The Hall–Kier alpha value is -2.42. The quantitative estimate of drug-likeness (QED) is 0.349. The van der Waals surface area contributed by atoms with Crippen LogP contribution in [0.25, 0.3) is 0 Å². The van der Waals surface area contributed by atoms with Gasteiger partial charge in [-0.25, -0.2) is 14.4 Å². The lowest BCUT2D eigenvalue weighted by molar-refractivity contribution is -0.143. The minimum Gasteiger partial charge on any atom is -0.479 e. The van der Waals surface area contributed by atoms with E-state index in [9.17, 15) is 28.9 Å². The van der Waals surface area contributed by atoms with Crippen LogP contribution in [-0.2, 0) is 30.2 Å². The van der Waals surface area contributed by atoms with E-state index in [0.29, 0.717) is 5.56 Å². The second kappa shape index (κ2) is 9.91. The van der Waals surface area contributed by atoms with Gasteiger partial charge in [-0.15, -0.1) is 0 Å². The normalized spacial score (nSPS) is 15.2. The molecule has 0 aliphatic heterocycles. The highest BCUT2D eigenvalue weighted by Crippen LogP contribution is 2.45. The van der Waals surface area contributed by atoms with Crippen molar-refractivity contribution in [3.05, 3.63) is 35.9 Å². The van der Waals surface area contributed by atoms with Gasteiger partial charge in [0.15, 0.2) is 0 Å². The second-order valence-electron chi connectivity index (χ2n) is 5.26. The average Bonchev–Trinajstić information content (AvgIpc) is 2.62. The molecule has 0 aromatic heterocycles. The maximum Gasteiger partial charge on any atom is 0.408 e. The number of benzene rings is 1. The number of esters is 1. The van der Waals surface area contributed by atoms with Gasteiger partial charge >= 0.3 is 18.0 Å². The number of alkyl carbamates (subject to hydrolysis) is 1. The summed E-state index contributed by atoms with van der Waals surface area (Å²) in [4.78, 5) is 43.7. The molecule has 26 heavy (non-hydrogen) atoms. The maximum atomic E-state index is 11.8. The lowest BCUT2D eigenvalue weighted by Crippen LogP contribution is -2.42. The highest BCUT2D eigenvalue weighted by Gasteiger charge is 2.36. The number of aliphatic hydroxyl groups is 1. The largest absolute Gasteiger partial charge is 0.479 e. The molecule has 1 aromatic rings. The summed E-state index contributed by atoms with van der Waals surface area (Å²) in [6.45, 7) is -0.0587. The minimum atomic E-state index is -4.49. The molecule has 1 aromatic carbocycles. The number of carboxylic acids is 1. The van der Waals surface area contributed by atoms with Crippen molar-refractivity contribution in [1.29, 1.82) is 0 Å². The van der Waals surface area contributed by atoms with Gasteiger partial charge in [0.2, 0.25) is 13.2 Å². The van der Waals surface area contributed by atoms with E-state index in [1.54, 1.807) is 30.3 Å². The van der Waals surface area contributed by atoms with E-state index in [1.165, 1.54) is 0 Å². The fourth-order valence-electron chi connectivity index (χ4n) is 1.91. The van der Waals surface area contributed by atoms with Crippen molar-refractivity contribution in [3.63, 3.8) is 0 Å². The zero-order valence-electron chi connectivity index (χ0n) is 13.9. The van der Waals surface area contributed by atoms with Gasteiger partial charge in [0.05, 0.1) is 7.11 Å². The zero-order valence-corrected chi connectivity index (χ0v) is 14.8. The first-order valence-corrected chi connectivity index (χ1v) is 9.36. The summed E-state index contributed by atoms with van der Waals surface area (Å²) in [5, 5.41) is 20.0. The van der Waals surface area contributed by atoms with Crippen LogP contribution in [0.4, 0.5) is 4.79 Å².